The number of aliphatic hydroxyl groups excluding tert-OH is 1. The fraction of sp³-hybridized carbons (Fsp3) is 0.0476. The van der Waals surface area contributed by atoms with E-state index in [4.69, 9.17) is 4.98 Å². The molecule has 0 bridgehead atoms. The van der Waals surface area contributed by atoms with Gasteiger partial charge in [0.05, 0.1) is 12.3 Å². The molecular weight excluding hydrogens is 324 g/mol. The lowest BCUT2D eigenvalue weighted by molar-refractivity contribution is 0.282. The number of imidazole rings is 1. The second-order valence-electron chi connectivity index (χ2n) is 6.31. The van der Waals surface area contributed by atoms with E-state index in [0.717, 1.165) is 44.6 Å². The third-order valence-corrected chi connectivity index (χ3v) is 4.59. The lowest BCUT2D eigenvalue weighted by atomic mass is 10.1. The summed E-state index contributed by atoms with van der Waals surface area (Å²) in [6.07, 6.45) is 7.80. The molecule has 2 N–H and O–H groups in total. The number of rotatable bonds is 3. The molecule has 0 aliphatic carbocycles. The average molecular weight is 340 g/mol. The van der Waals surface area contributed by atoms with E-state index in [1.165, 1.54) is 0 Å². The van der Waals surface area contributed by atoms with Gasteiger partial charge in [0, 0.05) is 35.7 Å². The maximum Gasteiger partial charge on any atom is 0.137 e. The molecule has 4 aromatic heterocycles. The van der Waals surface area contributed by atoms with Crippen LogP contribution in [0.4, 0.5) is 0 Å². The predicted molar refractivity (Wildman–Crippen MR) is 102 cm³/mol. The first kappa shape index (κ1) is 14.9. The van der Waals surface area contributed by atoms with Crippen LogP contribution in [0.1, 0.15) is 5.56 Å². The van der Waals surface area contributed by atoms with E-state index in [2.05, 4.69) is 28.3 Å². The molecule has 1 aromatic carbocycles. The van der Waals surface area contributed by atoms with Crippen LogP contribution in [0.15, 0.2) is 73.3 Å². The van der Waals surface area contributed by atoms with Gasteiger partial charge in [0.1, 0.15) is 11.3 Å². The van der Waals surface area contributed by atoms with Gasteiger partial charge < -0.3 is 14.5 Å². The summed E-state index contributed by atoms with van der Waals surface area (Å²) >= 11 is 0. The summed E-state index contributed by atoms with van der Waals surface area (Å²) in [5, 5.41) is 10.4. The molecular formula is C21H16N4O. The van der Waals surface area contributed by atoms with Crippen molar-refractivity contribution in [2.75, 3.05) is 0 Å². The van der Waals surface area contributed by atoms with Gasteiger partial charge in [-0.15, -0.1) is 0 Å². The molecule has 0 saturated carbocycles. The number of benzene rings is 1. The van der Waals surface area contributed by atoms with Crippen LogP contribution in [0.2, 0.25) is 0 Å². The molecule has 0 amide bonds. The van der Waals surface area contributed by atoms with Gasteiger partial charge >= 0.3 is 0 Å². The van der Waals surface area contributed by atoms with Crippen LogP contribution >= 0.6 is 0 Å². The summed E-state index contributed by atoms with van der Waals surface area (Å²) in [5.74, 6) is 0. The highest BCUT2D eigenvalue weighted by atomic mass is 16.3. The fourth-order valence-corrected chi connectivity index (χ4v) is 3.23. The minimum atomic E-state index is 0.0416. The Morgan fingerprint density at radius 3 is 2.85 bits per heavy atom. The quantitative estimate of drug-likeness (QED) is 0.521. The first-order chi connectivity index (χ1) is 12.8. The van der Waals surface area contributed by atoms with Crippen LogP contribution in [0.25, 0.3) is 39.1 Å². The van der Waals surface area contributed by atoms with E-state index in [1.54, 1.807) is 0 Å². The fourth-order valence-electron chi connectivity index (χ4n) is 3.23. The number of aromatic amines is 1. The van der Waals surface area contributed by atoms with Crippen molar-refractivity contribution in [3.05, 3.63) is 78.9 Å². The van der Waals surface area contributed by atoms with Crippen LogP contribution < -0.4 is 0 Å². The Kier molecular flexibility index (Phi) is 3.33. The van der Waals surface area contributed by atoms with Gasteiger partial charge in [-0.05, 0) is 47.0 Å². The summed E-state index contributed by atoms with van der Waals surface area (Å²) in [6.45, 7) is 0.0416. The van der Waals surface area contributed by atoms with Crippen molar-refractivity contribution in [3.8, 4) is 22.4 Å². The monoisotopic (exact) mass is 340 g/mol. The van der Waals surface area contributed by atoms with Crippen LogP contribution in [0, 0.1) is 0 Å². The van der Waals surface area contributed by atoms with Crippen molar-refractivity contribution in [1.29, 1.82) is 0 Å². The number of H-pyrrole nitrogens is 1. The zero-order chi connectivity index (χ0) is 17.5. The molecule has 26 heavy (non-hydrogen) atoms. The second-order valence-corrected chi connectivity index (χ2v) is 6.31. The number of pyridine rings is 2. The molecule has 4 heterocycles. The normalized spacial score (nSPS) is 11.4. The van der Waals surface area contributed by atoms with Gasteiger partial charge in [0.2, 0.25) is 0 Å². The molecule has 5 aromatic rings. The average Bonchev–Trinajstić information content (AvgIpc) is 3.33. The van der Waals surface area contributed by atoms with E-state index in [9.17, 15) is 5.11 Å². The number of hydrogen-bond donors (Lipinski definition) is 2. The maximum absolute atomic E-state index is 9.35. The first-order valence-electron chi connectivity index (χ1n) is 8.42. The van der Waals surface area contributed by atoms with Gasteiger partial charge in [0.15, 0.2) is 0 Å². The van der Waals surface area contributed by atoms with E-state index < -0.39 is 0 Å². The highest BCUT2D eigenvalue weighted by molar-refractivity contribution is 5.81. The Morgan fingerprint density at radius 2 is 1.92 bits per heavy atom. The zero-order valence-electron chi connectivity index (χ0n) is 13.9. The Balaban J connectivity index is 1.59. The summed E-state index contributed by atoms with van der Waals surface area (Å²) in [5.41, 5.74) is 6.70. The molecule has 5 nitrogen and oxygen atoms in total. The van der Waals surface area contributed by atoms with E-state index in [1.807, 2.05) is 59.4 Å². The van der Waals surface area contributed by atoms with Crippen LogP contribution in [0.3, 0.4) is 0 Å². The SMILES string of the molecule is OCc1cccc(-c2ccc3nc(-c4cnc5[nH]ccc5c4)cn3c2)c1. The minimum Gasteiger partial charge on any atom is -0.392 e. The molecule has 0 aliphatic rings. The molecule has 5 heteroatoms. The van der Waals surface area contributed by atoms with Gasteiger partial charge in [0.25, 0.3) is 0 Å². The van der Waals surface area contributed by atoms with Crippen molar-refractivity contribution >= 4 is 16.7 Å². The smallest absolute Gasteiger partial charge is 0.137 e. The number of aromatic nitrogens is 4. The summed E-state index contributed by atoms with van der Waals surface area (Å²) in [7, 11) is 0. The number of nitrogens with one attached hydrogen (secondary N) is 1. The number of aliphatic hydroxyl groups is 1. The molecule has 0 aliphatic heterocycles. The number of hydrogen-bond acceptors (Lipinski definition) is 3. The zero-order valence-corrected chi connectivity index (χ0v) is 13.9. The number of fused-ring (bicyclic) bond motifs is 2. The Bertz CT molecular complexity index is 1240. The second kappa shape index (κ2) is 5.82. The summed E-state index contributed by atoms with van der Waals surface area (Å²) in [4.78, 5) is 12.3. The van der Waals surface area contributed by atoms with Crippen molar-refractivity contribution in [2.24, 2.45) is 0 Å². The largest absolute Gasteiger partial charge is 0.392 e. The maximum atomic E-state index is 9.35. The van der Waals surface area contributed by atoms with Crippen molar-refractivity contribution in [3.63, 3.8) is 0 Å². The molecule has 0 saturated heterocycles. The molecule has 0 fully saturated rings. The highest BCUT2D eigenvalue weighted by Gasteiger charge is 2.08. The predicted octanol–water partition coefficient (Wildman–Crippen LogP) is 4.04. The van der Waals surface area contributed by atoms with Gasteiger partial charge in [-0.1, -0.05) is 18.2 Å². The Hall–Kier alpha value is -3.44. The van der Waals surface area contributed by atoms with E-state index in [0.29, 0.717) is 0 Å². The molecule has 5 rings (SSSR count). The van der Waals surface area contributed by atoms with Gasteiger partial charge in [-0.2, -0.15) is 0 Å². The third-order valence-electron chi connectivity index (χ3n) is 4.59. The molecule has 0 radical (unpaired) electrons. The number of nitrogens with zero attached hydrogens (tertiary/aromatic N) is 3. The topological polar surface area (TPSA) is 66.2 Å². The van der Waals surface area contributed by atoms with Crippen molar-refractivity contribution < 1.29 is 5.11 Å². The minimum absolute atomic E-state index is 0.0416. The van der Waals surface area contributed by atoms with Crippen molar-refractivity contribution in [2.45, 2.75) is 6.61 Å². The van der Waals surface area contributed by atoms with Gasteiger partial charge in [-0.25, -0.2) is 9.97 Å². The van der Waals surface area contributed by atoms with Crippen LogP contribution in [-0.2, 0) is 6.61 Å². The van der Waals surface area contributed by atoms with E-state index >= 15 is 0 Å². The van der Waals surface area contributed by atoms with Crippen LogP contribution in [0.5, 0.6) is 0 Å². The Labute approximate surface area is 149 Å². The molecule has 0 spiro atoms. The Morgan fingerprint density at radius 1 is 0.962 bits per heavy atom. The lowest BCUT2D eigenvalue weighted by Crippen LogP contribution is -1.87. The third kappa shape index (κ3) is 2.46. The highest BCUT2D eigenvalue weighted by Crippen LogP contribution is 2.25. The summed E-state index contributed by atoms with van der Waals surface area (Å²) in [6, 6.07) is 16.1. The van der Waals surface area contributed by atoms with Gasteiger partial charge in [-0.3, -0.25) is 0 Å². The lowest BCUT2D eigenvalue weighted by Gasteiger charge is -2.04. The molecule has 0 unspecified atom stereocenters. The standard InChI is InChI=1S/C21H16N4O/c26-13-14-2-1-3-15(8-14)17-4-5-20-24-19(12-25(20)11-17)18-9-16-6-7-22-21(16)23-10-18/h1-12,26H,13H2,(H,22,23). The first-order valence-corrected chi connectivity index (χ1v) is 8.42. The summed E-state index contributed by atoms with van der Waals surface area (Å²) < 4.78 is 2.03. The molecule has 0 atom stereocenters. The van der Waals surface area contributed by atoms with Crippen LogP contribution in [-0.4, -0.2) is 24.5 Å². The van der Waals surface area contributed by atoms with Crippen molar-refractivity contribution in [1.82, 2.24) is 19.4 Å². The molecule has 126 valence electrons. The van der Waals surface area contributed by atoms with E-state index in [-0.39, 0.29) is 6.61 Å².